The van der Waals surface area contributed by atoms with Crippen molar-refractivity contribution in [3.05, 3.63) is 39.9 Å². The number of benzene rings is 1. The zero-order chi connectivity index (χ0) is 14.3. The largest absolute Gasteiger partial charge is 0.311 e. The average molecular weight is 330 g/mol. The van der Waals surface area contributed by atoms with Crippen molar-refractivity contribution >= 4 is 34.0 Å². The van der Waals surface area contributed by atoms with Crippen molar-refractivity contribution in [3.8, 4) is 0 Å². The molecule has 1 saturated carbocycles. The molecular formula is C13H13Cl2N3OS. The highest BCUT2D eigenvalue weighted by molar-refractivity contribution is 7.84. The molecule has 3 rings (SSSR count). The molecule has 0 amide bonds. The lowest BCUT2D eigenvalue weighted by molar-refractivity contribution is 0.664. The summed E-state index contributed by atoms with van der Waals surface area (Å²) in [5, 5.41) is 9.11. The molecule has 1 aromatic carbocycles. The van der Waals surface area contributed by atoms with Crippen molar-refractivity contribution in [1.29, 1.82) is 0 Å². The van der Waals surface area contributed by atoms with Gasteiger partial charge in [0.2, 0.25) is 0 Å². The van der Waals surface area contributed by atoms with Crippen LogP contribution in [0.1, 0.15) is 30.5 Å². The third-order valence-corrected chi connectivity index (χ3v) is 5.30. The molecule has 0 unspecified atom stereocenters. The van der Waals surface area contributed by atoms with Crippen molar-refractivity contribution in [2.24, 2.45) is 0 Å². The normalized spacial score (nSPS) is 16.4. The molecule has 1 aliphatic carbocycles. The zero-order valence-corrected chi connectivity index (χ0v) is 13.2. The third-order valence-electron chi connectivity index (χ3n) is 3.26. The van der Waals surface area contributed by atoms with Crippen LogP contribution in [-0.4, -0.2) is 19.0 Å². The van der Waals surface area contributed by atoms with E-state index in [0.29, 0.717) is 26.7 Å². The summed E-state index contributed by atoms with van der Waals surface area (Å²) >= 11 is 11.8. The van der Waals surface area contributed by atoms with Gasteiger partial charge in [-0.25, -0.2) is 0 Å². The van der Waals surface area contributed by atoms with Gasteiger partial charge in [0.25, 0.3) is 0 Å². The first kappa shape index (κ1) is 14.0. The molecule has 1 aromatic heterocycles. The number of nitrogens with zero attached hydrogens (tertiary/aromatic N) is 3. The van der Waals surface area contributed by atoms with Crippen molar-refractivity contribution in [2.75, 3.05) is 0 Å². The second-order valence-electron chi connectivity index (χ2n) is 4.83. The topological polar surface area (TPSA) is 47.8 Å². The SMILES string of the molecule is Cc1nnc(C[S@@](=O)c2ccc(Cl)c(Cl)c2)n1C1CC1. The van der Waals surface area contributed by atoms with Gasteiger partial charge in [-0.15, -0.1) is 10.2 Å². The Balaban J connectivity index is 1.83. The minimum atomic E-state index is -1.21. The number of aryl methyl sites for hydroxylation is 1. The van der Waals surface area contributed by atoms with E-state index in [4.69, 9.17) is 23.2 Å². The van der Waals surface area contributed by atoms with Crippen LogP contribution in [0.5, 0.6) is 0 Å². The molecule has 0 saturated heterocycles. The Bertz CT molecular complexity index is 682. The fourth-order valence-electron chi connectivity index (χ4n) is 2.14. The highest BCUT2D eigenvalue weighted by Crippen LogP contribution is 2.36. The Morgan fingerprint density at radius 1 is 1.30 bits per heavy atom. The second kappa shape index (κ2) is 5.47. The first-order chi connectivity index (χ1) is 9.56. The minimum absolute atomic E-state index is 0.343. The van der Waals surface area contributed by atoms with E-state index in [1.54, 1.807) is 18.2 Å². The third kappa shape index (κ3) is 2.75. The quantitative estimate of drug-likeness (QED) is 0.861. The standard InChI is InChI=1S/C13H13Cl2N3OS/c1-8-16-17-13(18(8)9-2-3-9)7-20(19)10-4-5-11(14)12(15)6-10/h4-6,9H,2-3,7H2,1H3/t20-/m1/s1. The lowest BCUT2D eigenvalue weighted by atomic mass is 10.4. The first-order valence-electron chi connectivity index (χ1n) is 6.30. The van der Waals surface area contributed by atoms with Crippen LogP contribution < -0.4 is 0 Å². The predicted octanol–water partition coefficient (Wildman–Crippen LogP) is 3.54. The molecule has 20 heavy (non-hydrogen) atoms. The summed E-state index contributed by atoms with van der Waals surface area (Å²) in [6.45, 7) is 1.93. The smallest absolute Gasteiger partial charge is 0.146 e. The molecule has 1 aliphatic rings. The van der Waals surface area contributed by atoms with Gasteiger partial charge in [0.15, 0.2) is 0 Å². The number of aromatic nitrogens is 3. The molecule has 0 radical (unpaired) electrons. The molecule has 0 N–H and O–H groups in total. The van der Waals surface area contributed by atoms with Crippen molar-refractivity contribution in [2.45, 2.75) is 36.5 Å². The lowest BCUT2D eigenvalue weighted by Crippen LogP contribution is -2.07. The Kier molecular flexibility index (Phi) is 3.84. The van der Waals surface area contributed by atoms with E-state index in [2.05, 4.69) is 14.8 Å². The maximum absolute atomic E-state index is 12.4. The number of halogens is 2. The van der Waals surface area contributed by atoms with Crippen LogP contribution in [0, 0.1) is 6.92 Å². The predicted molar refractivity (Wildman–Crippen MR) is 79.6 cm³/mol. The number of hydrogen-bond donors (Lipinski definition) is 0. The van der Waals surface area contributed by atoms with Crippen LogP contribution >= 0.6 is 23.2 Å². The van der Waals surface area contributed by atoms with Gasteiger partial charge in [0.1, 0.15) is 11.6 Å². The van der Waals surface area contributed by atoms with Gasteiger partial charge in [-0.05, 0) is 38.0 Å². The van der Waals surface area contributed by atoms with Gasteiger partial charge in [-0.3, -0.25) is 4.21 Å². The van der Waals surface area contributed by atoms with Crippen molar-refractivity contribution in [1.82, 2.24) is 14.8 Å². The maximum atomic E-state index is 12.4. The summed E-state index contributed by atoms with van der Waals surface area (Å²) in [6.07, 6.45) is 2.29. The average Bonchev–Trinajstić information content (AvgIpc) is 3.18. The van der Waals surface area contributed by atoms with Crippen molar-refractivity contribution < 1.29 is 4.21 Å². The van der Waals surface area contributed by atoms with E-state index in [1.165, 1.54) is 0 Å². The van der Waals surface area contributed by atoms with E-state index in [9.17, 15) is 4.21 Å². The highest BCUT2D eigenvalue weighted by Gasteiger charge is 2.28. The molecule has 7 heteroatoms. The molecule has 1 atom stereocenters. The van der Waals surface area contributed by atoms with Gasteiger partial charge in [0.05, 0.1) is 26.6 Å². The summed E-state index contributed by atoms with van der Waals surface area (Å²) < 4.78 is 14.5. The summed E-state index contributed by atoms with van der Waals surface area (Å²) in [5.41, 5.74) is 0. The monoisotopic (exact) mass is 329 g/mol. The fourth-order valence-corrected chi connectivity index (χ4v) is 3.57. The van der Waals surface area contributed by atoms with Gasteiger partial charge in [-0.2, -0.15) is 0 Å². The molecular weight excluding hydrogens is 317 g/mol. The Hall–Kier alpha value is -0.910. The van der Waals surface area contributed by atoms with E-state index in [0.717, 1.165) is 24.5 Å². The van der Waals surface area contributed by atoms with Gasteiger partial charge >= 0.3 is 0 Å². The first-order valence-corrected chi connectivity index (χ1v) is 8.37. The fraction of sp³-hybridized carbons (Fsp3) is 0.385. The van der Waals surface area contributed by atoms with Gasteiger partial charge in [0, 0.05) is 10.9 Å². The molecule has 106 valence electrons. The molecule has 0 bridgehead atoms. The molecule has 0 spiro atoms. The van der Waals surface area contributed by atoms with Crippen LogP contribution in [-0.2, 0) is 16.6 Å². The molecule has 1 heterocycles. The Labute approximate surface area is 129 Å². The Morgan fingerprint density at radius 3 is 2.70 bits per heavy atom. The van der Waals surface area contributed by atoms with Gasteiger partial charge < -0.3 is 4.57 Å². The summed E-state index contributed by atoms with van der Waals surface area (Å²) in [6, 6.07) is 5.51. The van der Waals surface area contributed by atoms with E-state index in [1.807, 2.05) is 6.92 Å². The molecule has 2 aromatic rings. The second-order valence-corrected chi connectivity index (χ2v) is 7.10. The highest BCUT2D eigenvalue weighted by atomic mass is 35.5. The van der Waals surface area contributed by atoms with Crippen LogP contribution in [0.15, 0.2) is 23.1 Å². The van der Waals surface area contributed by atoms with Crippen LogP contribution in [0.2, 0.25) is 10.0 Å². The number of hydrogen-bond acceptors (Lipinski definition) is 3. The van der Waals surface area contributed by atoms with E-state index < -0.39 is 10.8 Å². The van der Waals surface area contributed by atoms with Crippen LogP contribution in [0.25, 0.3) is 0 Å². The Morgan fingerprint density at radius 2 is 2.05 bits per heavy atom. The molecule has 0 aliphatic heterocycles. The van der Waals surface area contributed by atoms with Crippen molar-refractivity contribution in [3.63, 3.8) is 0 Å². The summed E-state index contributed by atoms with van der Waals surface area (Å²) in [7, 11) is -1.21. The number of rotatable bonds is 4. The van der Waals surface area contributed by atoms with E-state index in [-0.39, 0.29) is 0 Å². The van der Waals surface area contributed by atoms with Crippen LogP contribution in [0.4, 0.5) is 0 Å². The summed E-state index contributed by atoms with van der Waals surface area (Å²) in [4.78, 5) is 0.655. The summed E-state index contributed by atoms with van der Waals surface area (Å²) in [5.74, 6) is 2.00. The maximum Gasteiger partial charge on any atom is 0.146 e. The molecule has 4 nitrogen and oxygen atoms in total. The van der Waals surface area contributed by atoms with Gasteiger partial charge in [-0.1, -0.05) is 23.2 Å². The zero-order valence-electron chi connectivity index (χ0n) is 10.8. The minimum Gasteiger partial charge on any atom is -0.311 e. The lowest BCUT2D eigenvalue weighted by Gasteiger charge is -2.07. The van der Waals surface area contributed by atoms with Crippen LogP contribution in [0.3, 0.4) is 0 Å². The van der Waals surface area contributed by atoms with E-state index >= 15 is 0 Å². The molecule has 1 fully saturated rings.